The Morgan fingerprint density at radius 1 is 0.970 bits per heavy atom. The first kappa shape index (κ1) is 27.8. The standard InChI is InChI=1S/C20H33N5O8/c1-10(2)8-13(24-17(29)11-4-3-7-22-11)19(31)23-12(5-6-16(27)28)18(30)25-14(20(32)33)9-15(21)26/h10-14,22H,3-9H2,1-2H3,(H2,21,26)(H,23,31)(H,24,29)(H,25,30)(H,27,28)(H,32,33). The first-order chi connectivity index (χ1) is 15.4. The fraction of sp³-hybridized carbons (Fsp3) is 0.700. The van der Waals surface area contributed by atoms with Crippen molar-refractivity contribution in [2.45, 2.75) is 76.5 Å². The highest BCUT2D eigenvalue weighted by Crippen LogP contribution is 2.10. The van der Waals surface area contributed by atoms with Crippen LogP contribution in [0.5, 0.6) is 0 Å². The molecule has 1 fully saturated rings. The highest BCUT2D eigenvalue weighted by molar-refractivity contribution is 5.95. The summed E-state index contributed by atoms with van der Waals surface area (Å²) in [5, 5.41) is 28.4. The predicted octanol–water partition coefficient (Wildman–Crippen LogP) is -1.94. The number of primary amides is 1. The lowest BCUT2D eigenvalue weighted by Gasteiger charge is -2.25. The van der Waals surface area contributed by atoms with Gasteiger partial charge in [0.25, 0.3) is 0 Å². The molecule has 33 heavy (non-hydrogen) atoms. The van der Waals surface area contributed by atoms with Crippen LogP contribution in [-0.4, -0.2) is 76.5 Å². The summed E-state index contributed by atoms with van der Waals surface area (Å²) in [4.78, 5) is 71.4. The molecule has 0 aliphatic carbocycles. The Kier molecular flexibility index (Phi) is 11.3. The van der Waals surface area contributed by atoms with Crippen LogP contribution in [0.3, 0.4) is 0 Å². The first-order valence-electron chi connectivity index (χ1n) is 10.8. The molecular weight excluding hydrogens is 438 g/mol. The van der Waals surface area contributed by atoms with Crippen molar-refractivity contribution < 1.29 is 39.0 Å². The number of rotatable bonds is 14. The molecule has 1 aliphatic heterocycles. The second kappa shape index (κ2) is 13.4. The smallest absolute Gasteiger partial charge is 0.326 e. The number of carboxylic acid groups (broad SMARTS) is 2. The first-order valence-corrected chi connectivity index (χ1v) is 10.8. The van der Waals surface area contributed by atoms with Gasteiger partial charge in [0.15, 0.2) is 0 Å². The lowest BCUT2D eigenvalue weighted by Crippen LogP contribution is -2.57. The molecule has 186 valence electrons. The van der Waals surface area contributed by atoms with Crippen LogP contribution in [0, 0.1) is 5.92 Å². The van der Waals surface area contributed by atoms with Crippen LogP contribution in [0.15, 0.2) is 0 Å². The Labute approximate surface area is 191 Å². The maximum Gasteiger partial charge on any atom is 0.326 e. The van der Waals surface area contributed by atoms with Gasteiger partial charge in [-0.3, -0.25) is 24.0 Å². The van der Waals surface area contributed by atoms with Crippen molar-refractivity contribution in [3.63, 3.8) is 0 Å². The van der Waals surface area contributed by atoms with Crippen molar-refractivity contribution in [2.75, 3.05) is 6.54 Å². The quantitative estimate of drug-likeness (QED) is 0.150. The second-order valence-electron chi connectivity index (χ2n) is 8.40. The van der Waals surface area contributed by atoms with Gasteiger partial charge in [-0.05, 0) is 38.1 Å². The van der Waals surface area contributed by atoms with E-state index < -0.39 is 66.7 Å². The molecule has 0 spiro atoms. The number of hydrogen-bond acceptors (Lipinski definition) is 7. The van der Waals surface area contributed by atoms with Crippen LogP contribution in [0.25, 0.3) is 0 Å². The van der Waals surface area contributed by atoms with Crippen molar-refractivity contribution in [3.8, 4) is 0 Å². The summed E-state index contributed by atoms with van der Waals surface area (Å²) in [6.07, 6.45) is 0.216. The average Bonchev–Trinajstić information content (AvgIpc) is 3.23. The average molecular weight is 472 g/mol. The molecule has 13 nitrogen and oxygen atoms in total. The van der Waals surface area contributed by atoms with Crippen LogP contribution in [-0.2, 0) is 28.8 Å². The minimum absolute atomic E-state index is 0.0100. The number of carbonyl (C=O) groups excluding carboxylic acids is 4. The van der Waals surface area contributed by atoms with Gasteiger partial charge in [0.2, 0.25) is 23.6 Å². The minimum Gasteiger partial charge on any atom is -0.481 e. The molecular formula is C20H33N5O8. The van der Waals surface area contributed by atoms with Crippen molar-refractivity contribution in [1.29, 1.82) is 0 Å². The predicted molar refractivity (Wildman–Crippen MR) is 115 cm³/mol. The summed E-state index contributed by atoms with van der Waals surface area (Å²) in [5.74, 6) is -5.74. The van der Waals surface area contributed by atoms with E-state index in [-0.39, 0.29) is 24.7 Å². The molecule has 4 unspecified atom stereocenters. The van der Waals surface area contributed by atoms with Gasteiger partial charge in [-0.25, -0.2) is 4.79 Å². The molecule has 0 bridgehead atoms. The third-order valence-corrected chi connectivity index (χ3v) is 5.02. The molecule has 0 aromatic rings. The van der Waals surface area contributed by atoms with Gasteiger partial charge in [0.1, 0.15) is 18.1 Å². The van der Waals surface area contributed by atoms with E-state index in [9.17, 15) is 33.9 Å². The van der Waals surface area contributed by atoms with Crippen LogP contribution in [0.2, 0.25) is 0 Å². The number of carboxylic acids is 2. The number of hydrogen-bond donors (Lipinski definition) is 7. The van der Waals surface area contributed by atoms with Crippen molar-refractivity contribution in [3.05, 3.63) is 0 Å². The van der Waals surface area contributed by atoms with E-state index in [1.54, 1.807) is 0 Å². The highest BCUT2D eigenvalue weighted by atomic mass is 16.4. The molecule has 0 radical (unpaired) electrons. The van der Waals surface area contributed by atoms with E-state index in [1.807, 2.05) is 13.8 Å². The number of carbonyl (C=O) groups is 6. The third-order valence-electron chi connectivity index (χ3n) is 5.02. The summed E-state index contributed by atoms with van der Waals surface area (Å²) in [7, 11) is 0. The van der Waals surface area contributed by atoms with Gasteiger partial charge >= 0.3 is 11.9 Å². The fourth-order valence-electron chi connectivity index (χ4n) is 3.37. The summed E-state index contributed by atoms with van der Waals surface area (Å²) in [6, 6.07) is -4.46. The third kappa shape index (κ3) is 10.3. The normalized spacial score (nSPS) is 18.1. The minimum atomic E-state index is -1.64. The van der Waals surface area contributed by atoms with Gasteiger partial charge in [0.05, 0.1) is 12.5 Å². The molecule has 8 N–H and O–H groups in total. The molecule has 1 heterocycles. The molecule has 4 amide bonds. The molecule has 4 atom stereocenters. The Hall–Kier alpha value is -3.22. The van der Waals surface area contributed by atoms with E-state index in [2.05, 4.69) is 21.3 Å². The number of aliphatic carboxylic acids is 2. The summed E-state index contributed by atoms with van der Waals surface area (Å²) >= 11 is 0. The van der Waals surface area contributed by atoms with Gasteiger partial charge in [-0.15, -0.1) is 0 Å². The summed E-state index contributed by atoms with van der Waals surface area (Å²) in [5.41, 5.74) is 5.00. The topological polar surface area (TPSA) is 217 Å². The van der Waals surface area contributed by atoms with E-state index >= 15 is 0 Å². The molecule has 13 heteroatoms. The van der Waals surface area contributed by atoms with Crippen LogP contribution < -0.4 is 27.0 Å². The zero-order valence-corrected chi connectivity index (χ0v) is 18.8. The number of amides is 4. The maximum atomic E-state index is 12.9. The SMILES string of the molecule is CC(C)CC(NC(=O)C1CCCN1)C(=O)NC(CCC(=O)O)C(=O)NC(CC(N)=O)C(=O)O. The zero-order chi connectivity index (χ0) is 25.1. The van der Waals surface area contributed by atoms with Crippen molar-refractivity contribution >= 4 is 35.6 Å². The van der Waals surface area contributed by atoms with E-state index in [1.165, 1.54) is 0 Å². The van der Waals surface area contributed by atoms with Gasteiger partial charge in [-0.2, -0.15) is 0 Å². The van der Waals surface area contributed by atoms with Gasteiger partial charge < -0.3 is 37.2 Å². The van der Waals surface area contributed by atoms with Crippen molar-refractivity contribution in [1.82, 2.24) is 21.3 Å². The highest BCUT2D eigenvalue weighted by Gasteiger charge is 2.32. The zero-order valence-electron chi connectivity index (χ0n) is 18.8. The lowest BCUT2D eigenvalue weighted by molar-refractivity contribution is -0.144. The summed E-state index contributed by atoms with van der Waals surface area (Å²) < 4.78 is 0. The van der Waals surface area contributed by atoms with Crippen molar-refractivity contribution in [2.24, 2.45) is 11.7 Å². The van der Waals surface area contributed by atoms with Gasteiger partial charge in [-0.1, -0.05) is 13.8 Å². The molecule has 0 aromatic heterocycles. The van der Waals surface area contributed by atoms with Crippen LogP contribution >= 0.6 is 0 Å². The molecule has 1 rings (SSSR count). The van der Waals surface area contributed by atoms with Crippen LogP contribution in [0.1, 0.15) is 52.4 Å². The molecule has 0 aromatic carbocycles. The number of nitrogens with two attached hydrogens (primary N) is 1. The lowest BCUT2D eigenvalue weighted by atomic mass is 10.0. The van der Waals surface area contributed by atoms with Crippen LogP contribution in [0.4, 0.5) is 0 Å². The fourth-order valence-corrected chi connectivity index (χ4v) is 3.37. The van der Waals surface area contributed by atoms with E-state index in [4.69, 9.17) is 10.8 Å². The molecule has 1 aliphatic rings. The Morgan fingerprint density at radius 2 is 1.58 bits per heavy atom. The second-order valence-corrected chi connectivity index (χ2v) is 8.40. The van der Waals surface area contributed by atoms with E-state index in [0.717, 1.165) is 6.42 Å². The monoisotopic (exact) mass is 471 g/mol. The summed E-state index contributed by atoms with van der Waals surface area (Å²) in [6.45, 7) is 4.37. The molecule has 0 saturated carbocycles. The Morgan fingerprint density at radius 3 is 2.06 bits per heavy atom. The Bertz CT molecular complexity index is 751. The Balaban J connectivity index is 2.95. The maximum absolute atomic E-state index is 12.9. The van der Waals surface area contributed by atoms with E-state index in [0.29, 0.717) is 13.0 Å². The number of nitrogens with one attached hydrogen (secondary N) is 4. The van der Waals surface area contributed by atoms with Gasteiger partial charge in [0, 0.05) is 6.42 Å². The molecule has 1 saturated heterocycles. The largest absolute Gasteiger partial charge is 0.481 e.